The number of fused-ring (bicyclic) bond motifs is 2. The zero-order valence-corrected chi connectivity index (χ0v) is 17.8. The van der Waals surface area contributed by atoms with Crippen LogP contribution in [0.25, 0.3) is 21.5 Å². The molecule has 0 amide bonds. The van der Waals surface area contributed by atoms with Crippen LogP contribution in [-0.4, -0.2) is 22.2 Å². The van der Waals surface area contributed by atoms with Crippen LogP contribution in [0.5, 0.6) is 11.5 Å². The van der Waals surface area contributed by atoms with Gasteiger partial charge >= 0.3 is 11.9 Å². The highest BCUT2D eigenvalue weighted by Crippen LogP contribution is 2.37. The molecule has 7 heteroatoms. The summed E-state index contributed by atoms with van der Waals surface area (Å²) >= 11 is 6.58. The van der Waals surface area contributed by atoms with Gasteiger partial charge in [-0.2, -0.15) is 0 Å². The van der Waals surface area contributed by atoms with E-state index in [-0.39, 0.29) is 22.6 Å². The molecule has 0 radical (unpaired) electrons. The second kappa shape index (κ2) is 7.50. The van der Waals surface area contributed by atoms with E-state index in [1.807, 2.05) is 0 Å². The summed E-state index contributed by atoms with van der Waals surface area (Å²) in [4.78, 5) is 25.5. The van der Waals surface area contributed by atoms with Crippen LogP contribution in [0.3, 0.4) is 0 Å². The van der Waals surface area contributed by atoms with E-state index in [4.69, 9.17) is 4.74 Å². The lowest BCUT2D eigenvalue weighted by molar-refractivity contribution is 0.0400. The summed E-state index contributed by atoms with van der Waals surface area (Å²) in [7, 11) is 0. The van der Waals surface area contributed by atoms with Crippen molar-refractivity contribution >= 4 is 65.3 Å². The van der Waals surface area contributed by atoms with Crippen LogP contribution in [-0.2, 0) is 4.74 Å². The van der Waals surface area contributed by atoms with Gasteiger partial charge in [-0.3, -0.25) is 0 Å². The molecule has 0 aromatic heterocycles. The van der Waals surface area contributed by atoms with Gasteiger partial charge in [-0.15, -0.1) is 0 Å². The fourth-order valence-electron chi connectivity index (χ4n) is 3.18. The molecule has 0 saturated heterocycles. The predicted molar refractivity (Wildman–Crippen MR) is 116 cm³/mol. The molecule has 0 bridgehead atoms. The number of carbonyl (C=O) groups is 2. The third-order valence-corrected chi connectivity index (χ3v) is 6.21. The van der Waals surface area contributed by atoms with Gasteiger partial charge in [-0.05, 0) is 54.8 Å². The molecule has 0 heterocycles. The molecule has 0 aliphatic heterocycles. The zero-order chi connectivity index (χ0) is 20.7. The molecule has 0 saturated carbocycles. The van der Waals surface area contributed by atoms with Crippen molar-refractivity contribution in [3.63, 3.8) is 0 Å². The zero-order valence-electron chi connectivity index (χ0n) is 14.6. The quantitative estimate of drug-likeness (QED) is 0.255. The summed E-state index contributed by atoms with van der Waals surface area (Å²) in [6, 6.07) is 16.4. The second-order valence-electron chi connectivity index (χ2n) is 6.28. The Hall–Kier alpha value is -2.90. The van der Waals surface area contributed by atoms with Crippen LogP contribution in [0.4, 0.5) is 0 Å². The van der Waals surface area contributed by atoms with Crippen molar-refractivity contribution in [3.8, 4) is 11.5 Å². The number of hydrogen-bond donors (Lipinski definition) is 2. The van der Waals surface area contributed by atoms with Gasteiger partial charge in [-0.1, -0.05) is 48.5 Å². The average molecular weight is 516 g/mol. The van der Waals surface area contributed by atoms with Gasteiger partial charge in [0.05, 0.1) is 20.1 Å². The fraction of sp³-hybridized carbons (Fsp3) is 0. The van der Waals surface area contributed by atoms with Crippen LogP contribution in [0, 0.1) is 0 Å². The molecule has 0 aliphatic carbocycles. The SMILES string of the molecule is O=C(OC(=O)c1cc(O)c(Br)c2ccccc12)c1cc(O)c(Br)c2ccccc12. The number of ether oxygens (including phenoxy) is 1. The number of carbonyl (C=O) groups excluding carboxylic acids is 2. The van der Waals surface area contributed by atoms with Crippen molar-refractivity contribution in [3.05, 3.63) is 80.7 Å². The van der Waals surface area contributed by atoms with E-state index in [9.17, 15) is 19.8 Å². The lowest BCUT2D eigenvalue weighted by Crippen LogP contribution is -2.14. The highest BCUT2D eigenvalue weighted by atomic mass is 79.9. The van der Waals surface area contributed by atoms with Gasteiger partial charge in [0.1, 0.15) is 11.5 Å². The summed E-state index contributed by atoms with van der Waals surface area (Å²) in [6.45, 7) is 0. The number of hydrogen-bond acceptors (Lipinski definition) is 5. The van der Waals surface area contributed by atoms with Gasteiger partial charge in [0.2, 0.25) is 0 Å². The Balaban J connectivity index is 1.77. The molecular weight excluding hydrogens is 504 g/mol. The van der Waals surface area contributed by atoms with Gasteiger partial charge in [0, 0.05) is 10.8 Å². The van der Waals surface area contributed by atoms with Crippen molar-refractivity contribution < 1.29 is 24.5 Å². The van der Waals surface area contributed by atoms with Crippen molar-refractivity contribution in [1.82, 2.24) is 0 Å². The van der Waals surface area contributed by atoms with Crippen LogP contribution in [0.2, 0.25) is 0 Å². The predicted octanol–water partition coefficient (Wildman–Crippen LogP) is 5.93. The molecule has 4 aromatic carbocycles. The Labute approximate surface area is 181 Å². The number of rotatable bonds is 2. The summed E-state index contributed by atoms with van der Waals surface area (Å²) < 4.78 is 5.99. The first-order valence-corrected chi connectivity index (χ1v) is 10.0. The number of aromatic hydroxyl groups is 2. The standard InChI is InChI=1S/C22H12Br2O5/c23-19-13-7-3-1-5-11(13)15(9-17(19)25)21(27)29-22(28)16-10-18(26)20(24)14-8-4-2-6-12(14)16/h1-10,25-26H. The van der Waals surface area contributed by atoms with Crippen LogP contribution < -0.4 is 0 Å². The molecule has 5 nitrogen and oxygen atoms in total. The Morgan fingerprint density at radius 1 is 0.655 bits per heavy atom. The van der Waals surface area contributed by atoms with E-state index in [1.54, 1.807) is 48.5 Å². The molecular formula is C22H12Br2O5. The summed E-state index contributed by atoms with van der Waals surface area (Å²) in [5.74, 6) is -2.09. The van der Waals surface area contributed by atoms with Crippen molar-refractivity contribution in [1.29, 1.82) is 0 Å². The van der Waals surface area contributed by atoms with Crippen molar-refractivity contribution in [2.45, 2.75) is 0 Å². The molecule has 29 heavy (non-hydrogen) atoms. The monoisotopic (exact) mass is 514 g/mol. The topological polar surface area (TPSA) is 83.8 Å². The summed E-state index contributed by atoms with van der Waals surface area (Å²) in [5.41, 5.74) is 0.112. The molecule has 4 rings (SSSR count). The highest BCUT2D eigenvalue weighted by molar-refractivity contribution is 9.11. The molecule has 2 N–H and O–H groups in total. The van der Waals surface area contributed by atoms with Crippen LogP contribution in [0.1, 0.15) is 20.7 Å². The van der Waals surface area contributed by atoms with E-state index in [0.29, 0.717) is 30.5 Å². The number of esters is 2. The Kier molecular flexibility index (Phi) is 5.02. The Morgan fingerprint density at radius 2 is 1.00 bits per heavy atom. The largest absolute Gasteiger partial charge is 0.507 e. The molecule has 0 atom stereocenters. The average Bonchev–Trinajstić information content (AvgIpc) is 2.73. The van der Waals surface area contributed by atoms with Crippen LogP contribution >= 0.6 is 31.9 Å². The number of benzene rings is 4. The molecule has 0 unspecified atom stereocenters. The normalized spacial score (nSPS) is 11.0. The maximum atomic E-state index is 12.8. The molecule has 4 aromatic rings. The van der Waals surface area contributed by atoms with E-state index in [1.165, 1.54) is 12.1 Å². The fourth-order valence-corrected chi connectivity index (χ4v) is 4.10. The Bertz CT molecular complexity index is 1210. The summed E-state index contributed by atoms with van der Waals surface area (Å²) in [5, 5.41) is 22.5. The third kappa shape index (κ3) is 3.36. The van der Waals surface area contributed by atoms with E-state index < -0.39 is 11.9 Å². The minimum Gasteiger partial charge on any atom is -0.507 e. The highest BCUT2D eigenvalue weighted by Gasteiger charge is 2.22. The summed E-state index contributed by atoms with van der Waals surface area (Å²) in [6.07, 6.45) is 0. The molecule has 0 fully saturated rings. The van der Waals surface area contributed by atoms with E-state index >= 15 is 0 Å². The van der Waals surface area contributed by atoms with E-state index in [2.05, 4.69) is 31.9 Å². The second-order valence-corrected chi connectivity index (χ2v) is 7.87. The lowest BCUT2D eigenvalue weighted by Gasteiger charge is -2.11. The van der Waals surface area contributed by atoms with Crippen molar-refractivity contribution in [2.75, 3.05) is 0 Å². The Morgan fingerprint density at radius 3 is 1.38 bits per heavy atom. The number of halogens is 2. The van der Waals surface area contributed by atoms with Gasteiger partial charge in [0.25, 0.3) is 0 Å². The minimum absolute atomic E-state index is 0.0558. The van der Waals surface area contributed by atoms with Gasteiger partial charge in [-0.25, -0.2) is 9.59 Å². The van der Waals surface area contributed by atoms with Crippen LogP contribution in [0.15, 0.2) is 69.6 Å². The molecule has 0 spiro atoms. The first-order valence-electron chi connectivity index (χ1n) is 8.45. The van der Waals surface area contributed by atoms with Gasteiger partial charge < -0.3 is 14.9 Å². The van der Waals surface area contributed by atoms with Crippen molar-refractivity contribution in [2.24, 2.45) is 0 Å². The molecule has 0 aliphatic rings. The molecule has 144 valence electrons. The smallest absolute Gasteiger partial charge is 0.346 e. The van der Waals surface area contributed by atoms with E-state index in [0.717, 1.165) is 0 Å². The number of phenols is 2. The maximum absolute atomic E-state index is 12.8. The first kappa shape index (κ1) is 19.4. The number of phenolic OH excluding ortho intramolecular Hbond substituents is 2. The maximum Gasteiger partial charge on any atom is 0.346 e. The minimum atomic E-state index is -0.902. The lowest BCUT2D eigenvalue weighted by atomic mass is 10.0. The third-order valence-electron chi connectivity index (χ3n) is 4.54. The first-order chi connectivity index (χ1) is 13.9. The van der Waals surface area contributed by atoms with Gasteiger partial charge in [0.15, 0.2) is 0 Å².